The van der Waals surface area contributed by atoms with E-state index in [1.807, 2.05) is 12.1 Å². The number of amides is 1. The summed E-state index contributed by atoms with van der Waals surface area (Å²) in [7, 11) is 0. The van der Waals surface area contributed by atoms with Crippen LogP contribution in [0.15, 0.2) is 49.0 Å². The summed E-state index contributed by atoms with van der Waals surface area (Å²) >= 11 is 0. The minimum Gasteiger partial charge on any atom is -0.396 e. The van der Waals surface area contributed by atoms with Crippen molar-refractivity contribution < 1.29 is 9.18 Å². The van der Waals surface area contributed by atoms with Crippen LogP contribution < -0.4 is 10.6 Å². The van der Waals surface area contributed by atoms with Gasteiger partial charge in [-0.05, 0) is 24.3 Å². The maximum atomic E-state index is 13.2. The topological polar surface area (TPSA) is 46.3 Å². The Balaban J connectivity index is 2.11. The average Bonchev–Trinajstić information content (AvgIpc) is 2.66. The molecule has 94 valence electrons. The number of nitrogens with two attached hydrogens (primary N) is 1. The summed E-state index contributed by atoms with van der Waals surface area (Å²) in [5.74, 6) is -0.676. The smallest absolute Gasteiger partial charge is 0.263 e. The van der Waals surface area contributed by atoms with Gasteiger partial charge in [0, 0.05) is 11.1 Å². The summed E-state index contributed by atoms with van der Waals surface area (Å²) in [6.07, 6.45) is 0. The van der Waals surface area contributed by atoms with Gasteiger partial charge in [-0.1, -0.05) is 24.8 Å². The number of benzene rings is 2. The average molecular weight is 254 g/mol. The predicted molar refractivity (Wildman–Crippen MR) is 73.1 cm³/mol. The highest BCUT2D eigenvalue weighted by Crippen LogP contribution is 2.36. The van der Waals surface area contributed by atoms with E-state index < -0.39 is 5.82 Å². The van der Waals surface area contributed by atoms with Crippen molar-refractivity contribution in [3.63, 3.8) is 0 Å². The van der Waals surface area contributed by atoms with Crippen LogP contribution in [0.1, 0.15) is 15.9 Å². The van der Waals surface area contributed by atoms with E-state index in [0.717, 1.165) is 5.56 Å². The zero-order valence-corrected chi connectivity index (χ0v) is 10.1. The Hall–Kier alpha value is -2.62. The van der Waals surface area contributed by atoms with Gasteiger partial charge in [0.05, 0.1) is 17.1 Å². The van der Waals surface area contributed by atoms with Gasteiger partial charge in [0.2, 0.25) is 0 Å². The zero-order chi connectivity index (χ0) is 13.6. The van der Waals surface area contributed by atoms with Gasteiger partial charge >= 0.3 is 0 Å². The summed E-state index contributed by atoms with van der Waals surface area (Å²) in [4.78, 5) is 13.8. The molecular weight excluding hydrogens is 243 g/mol. The number of carbonyl (C=O) groups is 1. The lowest BCUT2D eigenvalue weighted by Gasteiger charge is -2.18. The molecule has 0 spiro atoms. The molecule has 2 aromatic carbocycles. The highest BCUT2D eigenvalue weighted by Gasteiger charge is 2.31. The summed E-state index contributed by atoms with van der Waals surface area (Å²) in [5.41, 5.74) is 8.02. The molecule has 0 bridgehead atoms. The summed E-state index contributed by atoms with van der Waals surface area (Å²) in [6, 6.07) is 11.4. The van der Waals surface area contributed by atoms with E-state index in [2.05, 4.69) is 6.58 Å². The monoisotopic (exact) mass is 254 g/mol. The van der Waals surface area contributed by atoms with Gasteiger partial charge in [-0.25, -0.2) is 4.39 Å². The third kappa shape index (κ3) is 1.61. The van der Waals surface area contributed by atoms with Crippen molar-refractivity contribution in [3.05, 3.63) is 66.0 Å². The standard InChI is InChI=1S/C15H11FN2O/c1-9-11-4-2-3-5-12(11)15(19)18(9)10-6-7-13(16)14(17)8-10/h2-8H,1,17H2. The third-order valence-corrected chi connectivity index (χ3v) is 3.18. The highest BCUT2D eigenvalue weighted by molar-refractivity contribution is 6.22. The first-order valence-corrected chi connectivity index (χ1v) is 5.77. The van der Waals surface area contributed by atoms with Crippen LogP contribution in [0.5, 0.6) is 0 Å². The number of nitrogen functional groups attached to an aromatic ring is 1. The predicted octanol–water partition coefficient (Wildman–Crippen LogP) is 3.04. The molecule has 1 amide bonds. The molecule has 1 aliphatic rings. The van der Waals surface area contributed by atoms with Gasteiger partial charge in [-0.2, -0.15) is 0 Å². The fraction of sp³-hybridized carbons (Fsp3) is 0. The van der Waals surface area contributed by atoms with Crippen molar-refractivity contribution in [2.24, 2.45) is 0 Å². The van der Waals surface area contributed by atoms with Crippen LogP contribution in [0.4, 0.5) is 15.8 Å². The Kier molecular flexibility index (Phi) is 2.38. The molecule has 0 saturated carbocycles. The van der Waals surface area contributed by atoms with Gasteiger partial charge in [0.15, 0.2) is 0 Å². The van der Waals surface area contributed by atoms with E-state index in [9.17, 15) is 9.18 Å². The number of nitrogens with zero attached hydrogens (tertiary/aromatic N) is 1. The number of halogens is 1. The molecule has 0 unspecified atom stereocenters. The van der Waals surface area contributed by atoms with Crippen LogP contribution in [0.25, 0.3) is 5.70 Å². The molecule has 0 fully saturated rings. The van der Waals surface area contributed by atoms with Crippen molar-refractivity contribution in [2.75, 3.05) is 10.6 Å². The molecule has 19 heavy (non-hydrogen) atoms. The first-order valence-electron chi connectivity index (χ1n) is 5.77. The number of hydrogen-bond donors (Lipinski definition) is 1. The second-order valence-electron chi connectivity index (χ2n) is 4.34. The summed E-state index contributed by atoms with van der Waals surface area (Å²) < 4.78 is 13.2. The minimum absolute atomic E-state index is 0.00839. The van der Waals surface area contributed by atoms with Gasteiger partial charge in [0.25, 0.3) is 5.91 Å². The van der Waals surface area contributed by atoms with Crippen LogP contribution >= 0.6 is 0 Å². The van der Waals surface area contributed by atoms with Gasteiger partial charge in [0.1, 0.15) is 5.82 Å². The molecule has 4 heteroatoms. The molecule has 1 aliphatic heterocycles. The van der Waals surface area contributed by atoms with Crippen molar-refractivity contribution in [3.8, 4) is 0 Å². The molecule has 0 saturated heterocycles. The van der Waals surface area contributed by atoms with Crippen molar-refractivity contribution in [1.82, 2.24) is 0 Å². The number of carbonyl (C=O) groups excluding carboxylic acids is 1. The zero-order valence-electron chi connectivity index (χ0n) is 10.1. The molecule has 0 atom stereocenters. The molecule has 0 aliphatic carbocycles. The normalized spacial score (nSPS) is 13.8. The van der Waals surface area contributed by atoms with E-state index in [-0.39, 0.29) is 11.6 Å². The SMILES string of the molecule is C=C1c2ccccc2C(=O)N1c1ccc(F)c(N)c1. The number of hydrogen-bond acceptors (Lipinski definition) is 2. The Labute approximate surface area is 109 Å². The Morgan fingerprint density at radius 2 is 1.79 bits per heavy atom. The van der Waals surface area contributed by atoms with Gasteiger partial charge < -0.3 is 5.73 Å². The van der Waals surface area contributed by atoms with Crippen LogP contribution in [-0.4, -0.2) is 5.91 Å². The Bertz CT molecular complexity index is 674. The number of fused-ring (bicyclic) bond motifs is 1. The largest absolute Gasteiger partial charge is 0.396 e. The van der Waals surface area contributed by atoms with E-state index in [1.165, 1.54) is 23.1 Å². The second kappa shape index (κ2) is 3.95. The van der Waals surface area contributed by atoms with E-state index in [0.29, 0.717) is 16.9 Å². The molecule has 2 N–H and O–H groups in total. The van der Waals surface area contributed by atoms with Crippen LogP contribution in [-0.2, 0) is 0 Å². The first kappa shape index (κ1) is 11.5. The van der Waals surface area contributed by atoms with Crippen molar-refractivity contribution >= 4 is 23.0 Å². The van der Waals surface area contributed by atoms with E-state index in [1.54, 1.807) is 12.1 Å². The fourth-order valence-corrected chi connectivity index (χ4v) is 2.23. The molecule has 2 aromatic rings. The maximum Gasteiger partial charge on any atom is 0.263 e. The second-order valence-corrected chi connectivity index (χ2v) is 4.34. The van der Waals surface area contributed by atoms with Crippen molar-refractivity contribution in [2.45, 2.75) is 0 Å². The molecular formula is C15H11FN2O. The first-order chi connectivity index (χ1) is 9.09. The molecule has 0 radical (unpaired) electrons. The lowest BCUT2D eigenvalue weighted by atomic mass is 10.1. The fourth-order valence-electron chi connectivity index (χ4n) is 2.23. The Morgan fingerprint density at radius 3 is 2.42 bits per heavy atom. The Morgan fingerprint density at radius 1 is 1.11 bits per heavy atom. The minimum atomic E-state index is -0.501. The molecule has 1 heterocycles. The molecule has 0 aromatic heterocycles. The van der Waals surface area contributed by atoms with E-state index >= 15 is 0 Å². The summed E-state index contributed by atoms with van der Waals surface area (Å²) in [6.45, 7) is 3.93. The van der Waals surface area contributed by atoms with Gasteiger partial charge in [-0.15, -0.1) is 0 Å². The molecule has 3 rings (SSSR count). The highest BCUT2D eigenvalue weighted by atomic mass is 19.1. The lowest BCUT2D eigenvalue weighted by Crippen LogP contribution is -2.22. The van der Waals surface area contributed by atoms with Gasteiger partial charge in [-0.3, -0.25) is 9.69 Å². The van der Waals surface area contributed by atoms with E-state index in [4.69, 9.17) is 5.73 Å². The van der Waals surface area contributed by atoms with Crippen LogP contribution in [0.2, 0.25) is 0 Å². The lowest BCUT2D eigenvalue weighted by molar-refractivity contribution is 0.101. The van der Waals surface area contributed by atoms with Crippen LogP contribution in [0.3, 0.4) is 0 Å². The van der Waals surface area contributed by atoms with Crippen LogP contribution in [0, 0.1) is 5.82 Å². The number of anilines is 2. The maximum absolute atomic E-state index is 13.2. The third-order valence-electron chi connectivity index (χ3n) is 3.18. The number of rotatable bonds is 1. The summed E-state index contributed by atoms with van der Waals surface area (Å²) in [5, 5.41) is 0. The quantitative estimate of drug-likeness (QED) is 0.795. The molecule has 3 nitrogen and oxygen atoms in total. The van der Waals surface area contributed by atoms with Crippen molar-refractivity contribution in [1.29, 1.82) is 0 Å².